The molecule has 1 heterocycles. The molecule has 1 atom stereocenters. The lowest BCUT2D eigenvalue weighted by molar-refractivity contribution is -0.384. The summed E-state index contributed by atoms with van der Waals surface area (Å²) >= 11 is 0. The summed E-state index contributed by atoms with van der Waals surface area (Å²) in [6.45, 7) is 0.597. The van der Waals surface area contributed by atoms with Crippen LogP contribution in [0.3, 0.4) is 0 Å². The molecule has 1 aromatic rings. The van der Waals surface area contributed by atoms with Crippen molar-refractivity contribution in [3.8, 4) is 0 Å². The largest absolute Gasteiger partial charge is 0.481 e. The lowest BCUT2D eigenvalue weighted by Crippen LogP contribution is -2.42. The predicted molar refractivity (Wildman–Crippen MR) is 78.9 cm³/mol. The third kappa shape index (κ3) is 3.16. The molecule has 1 fully saturated rings. The number of nitro benzene ring substituents is 1. The molecule has 1 aromatic carbocycles. The average Bonchev–Trinajstić information content (AvgIpc) is 2.53. The predicted octanol–water partition coefficient (Wildman–Crippen LogP) is 1.57. The minimum absolute atomic E-state index is 0.135. The Labute approximate surface area is 126 Å². The maximum absolute atomic E-state index is 12.4. The summed E-state index contributed by atoms with van der Waals surface area (Å²) in [6.07, 6.45) is 1.15. The van der Waals surface area contributed by atoms with Crippen molar-refractivity contribution >= 4 is 23.3 Å². The fourth-order valence-corrected chi connectivity index (χ4v) is 2.57. The molecule has 1 aliphatic heterocycles. The number of nitrogens with one attached hydrogen (secondary N) is 1. The molecule has 1 amide bonds. The highest BCUT2D eigenvalue weighted by molar-refractivity contribution is 5.96. The van der Waals surface area contributed by atoms with Gasteiger partial charge in [0.2, 0.25) is 0 Å². The molecule has 1 unspecified atom stereocenters. The van der Waals surface area contributed by atoms with Crippen molar-refractivity contribution in [1.29, 1.82) is 0 Å². The molecule has 8 nitrogen and oxygen atoms in total. The molecule has 0 spiro atoms. The summed E-state index contributed by atoms with van der Waals surface area (Å²) in [6, 6.07) is 4.20. The van der Waals surface area contributed by atoms with Crippen molar-refractivity contribution < 1.29 is 19.6 Å². The summed E-state index contributed by atoms with van der Waals surface area (Å²) in [5, 5.41) is 22.8. The van der Waals surface area contributed by atoms with Gasteiger partial charge in [-0.15, -0.1) is 0 Å². The fourth-order valence-electron chi connectivity index (χ4n) is 2.57. The molecular formula is C14H17N3O5. The first-order valence-corrected chi connectivity index (χ1v) is 6.92. The van der Waals surface area contributed by atoms with Gasteiger partial charge in [-0.2, -0.15) is 0 Å². The monoisotopic (exact) mass is 307 g/mol. The number of hydrogen-bond acceptors (Lipinski definition) is 5. The Morgan fingerprint density at radius 3 is 2.77 bits per heavy atom. The molecule has 2 N–H and O–H groups in total. The van der Waals surface area contributed by atoms with Gasteiger partial charge in [0.25, 0.3) is 11.6 Å². The standard InChI is InChI=1S/C14H17N3O5/c1-15-11-5-4-9(7-12(11)17(21)22)13(18)16-6-2-3-10(8-16)14(19)20/h4-5,7,10,15H,2-3,6,8H2,1H3,(H,19,20). The van der Waals surface area contributed by atoms with Crippen LogP contribution in [0.4, 0.5) is 11.4 Å². The van der Waals surface area contributed by atoms with Gasteiger partial charge in [-0.1, -0.05) is 0 Å². The number of nitrogens with zero attached hydrogens (tertiary/aromatic N) is 2. The first-order valence-electron chi connectivity index (χ1n) is 6.92. The van der Waals surface area contributed by atoms with Gasteiger partial charge in [0.15, 0.2) is 0 Å². The van der Waals surface area contributed by atoms with E-state index in [1.807, 2.05) is 0 Å². The zero-order chi connectivity index (χ0) is 16.3. The number of carbonyl (C=O) groups is 2. The van der Waals surface area contributed by atoms with E-state index in [0.29, 0.717) is 25.1 Å². The lowest BCUT2D eigenvalue weighted by atomic mass is 9.97. The first-order chi connectivity index (χ1) is 10.4. The number of benzene rings is 1. The molecule has 2 rings (SSSR count). The molecule has 1 saturated heterocycles. The normalized spacial score (nSPS) is 17.9. The van der Waals surface area contributed by atoms with E-state index >= 15 is 0 Å². The summed E-state index contributed by atoms with van der Waals surface area (Å²) in [5.74, 6) is -1.88. The maximum atomic E-state index is 12.4. The minimum Gasteiger partial charge on any atom is -0.481 e. The average molecular weight is 307 g/mol. The molecule has 0 radical (unpaired) electrons. The highest BCUT2D eigenvalue weighted by Gasteiger charge is 2.29. The van der Waals surface area contributed by atoms with E-state index < -0.39 is 16.8 Å². The number of carboxylic acids is 1. The van der Waals surface area contributed by atoms with Crippen LogP contribution in [0.1, 0.15) is 23.2 Å². The summed E-state index contributed by atoms with van der Waals surface area (Å²) in [4.78, 5) is 35.4. The smallest absolute Gasteiger partial charge is 0.308 e. The van der Waals surface area contributed by atoms with Crippen molar-refractivity contribution in [3.63, 3.8) is 0 Å². The Kier molecular flexibility index (Phi) is 4.59. The number of rotatable bonds is 4. The Morgan fingerprint density at radius 1 is 1.45 bits per heavy atom. The van der Waals surface area contributed by atoms with Crippen LogP contribution in [-0.4, -0.2) is 46.9 Å². The number of carbonyl (C=O) groups excluding carboxylic acids is 1. The van der Waals surface area contributed by atoms with E-state index in [4.69, 9.17) is 5.11 Å². The van der Waals surface area contributed by atoms with E-state index in [1.165, 1.54) is 23.1 Å². The lowest BCUT2D eigenvalue weighted by Gasteiger charge is -2.30. The van der Waals surface area contributed by atoms with Crippen LogP contribution in [0.25, 0.3) is 0 Å². The fraction of sp³-hybridized carbons (Fsp3) is 0.429. The van der Waals surface area contributed by atoms with Gasteiger partial charge in [-0.05, 0) is 25.0 Å². The third-order valence-corrected chi connectivity index (χ3v) is 3.77. The van der Waals surface area contributed by atoms with Gasteiger partial charge >= 0.3 is 5.97 Å². The minimum atomic E-state index is -0.922. The molecule has 0 aliphatic carbocycles. The number of anilines is 1. The van der Waals surface area contributed by atoms with Gasteiger partial charge in [-0.3, -0.25) is 19.7 Å². The second kappa shape index (κ2) is 6.42. The quantitative estimate of drug-likeness (QED) is 0.645. The van der Waals surface area contributed by atoms with Crippen LogP contribution in [0, 0.1) is 16.0 Å². The van der Waals surface area contributed by atoms with Crippen LogP contribution in [0.15, 0.2) is 18.2 Å². The van der Waals surface area contributed by atoms with E-state index in [1.54, 1.807) is 7.05 Å². The number of piperidine rings is 1. The molecule has 0 aromatic heterocycles. The van der Waals surface area contributed by atoms with Gasteiger partial charge in [-0.25, -0.2) is 0 Å². The van der Waals surface area contributed by atoms with Crippen molar-refractivity contribution in [1.82, 2.24) is 4.90 Å². The van der Waals surface area contributed by atoms with E-state index in [-0.39, 0.29) is 23.7 Å². The topological polar surface area (TPSA) is 113 Å². The number of aliphatic carboxylic acids is 1. The molecule has 0 saturated carbocycles. The molecule has 118 valence electrons. The van der Waals surface area contributed by atoms with E-state index in [2.05, 4.69) is 5.32 Å². The van der Waals surface area contributed by atoms with Crippen molar-refractivity contribution in [2.45, 2.75) is 12.8 Å². The number of likely N-dealkylation sites (tertiary alicyclic amines) is 1. The molecule has 8 heteroatoms. The Balaban J connectivity index is 2.24. The number of amides is 1. The Morgan fingerprint density at radius 2 is 2.18 bits per heavy atom. The summed E-state index contributed by atoms with van der Waals surface area (Å²) < 4.78 is 0. The molecule has 22 heavy (non-hydrogen) atoms. The van der Waals surface area contributed by atoms with Crippen LogP contribution in [0.5, 0.6) is 0 Å². The molecule has 0 bridgehead atoms. The Bertz CT molecular complexity index is 616. The third-order valence-electron chi connectivity index (χ3n) is 3.77. The number of carboxylic acid groups (broad SMARTS) is 1. The van der Waals surface area contributed by atoms with E-state index in [9.17, 15) is 19.7 Å². The van der Waals surface area contributed by atoms with Crippen molar-refractivity contribution in [2.24, 2.45) is 5.92 Å². The zero-order valence-electron chi connectivity index (χ0n) is 12.1. The zero-order valence-corrected chi connectivity index (χ0v) is 12.1. The highest BCUT2D eigenvalue weighted by Crippen LogP contribution is 2.26. The number of nitro groups is 1. The second-order valence-electron chi connectivity index (χ2n) is 5.17. The SMILES string of the molecule is CNc1ccc(C(=O)N2CCCC(C(=O)O)C2)cc1[N+](=O)[O-]. The first kappa shape index (κ1) is 15.7. The van der Waals surface area contributed by atoms with Crippen molar-refractivity contribution in [3.05, 3.63) is 33.9 Å². The molecule has 1 aliphatic rings. The van der Waals surface area contributed by atoms with Gasteiger partial charge in [0.1, 0.15) is 5.69 Å². The van der Waals surface area contributed by atoms with Gasteiger partial charge < -0.3 is 15.3 Å². The van der Waals surface area contributed by atoms with Crippen LogP contribution >= 0.6 is 0 Å². The summed E-state index contributed by atoms with van der Waals surface area (Å²) in [5.41, 5.74) is 0.334. The van der Waals surface area contributed by atoms with Crippen molar-refractivity contribution in [2.75, 3.05) is 25.5 Å². The van der Waals surface area contributed by atoms with Gasteiger partial charge in [0, 0.05) is 31.8 Å². The van der Waals surface area contributed by atoms with Crippen LogP contribution in [0.2, 0.25) is 0 Å². The van der Waals surface area contributed by atoms with Crippen LogP contribution < -0.4 is 5.32 Å². The number of hydrogen-bond donors (Lipinski definition) is 2. The maximum Gasteiger partial charge on any atom is 0.308 e. The molecular weight excluding hydrogens is 290 g/mol. The summed E-state index contributed by atoms with van der Waals surface area (Å²) in [7, 11) is 1.56. The Hall–Kier alpha value is -2.64. The highest BCUT2D eigenvalue weighted by atomic mass is 16.6. The second-order valence-corrected chi connectivity index (χ2v) is 5.17. The van der Waals surface area contributed by atoms with Gasteiger partial charge in [0.05, 0.1) is 10.8 Å². The van der Waals surface area contributed by atoms with Crippen LogP contribution in [-0.2, 0) is 4.79 Å². The van der Waals surface area contributed by atoms with E-state index in [0.717, 1.165) is 0 Å².